The molecule has 0 saturated heterocycles. The summed E-state index contributed by atoms with van der Waals surface area (Å²) in [7, 11) is 1.28. The minimum Gasteiger partial charge on any atom is -0.479 e. The molecule has 1 unspecified atom stereocenters. The standard InChI is InChI=1S/C14H16FNO3/c1-3-4-5-13(14(17)18-2)19-11-7-6-10(9-16)12(15)8-11/h6-8,13H,3-5H2,1-2H3. The van der Waals surface area contributed by atoms with Crippen LogP contribution in [0.3, 0.4) is 0 Å². The van der Waals surface area contributed by atoms with Crippen molar-refractivity contribution in [1.82, 2.24) is 0 Å². The van der Waals surface area contributed by atoms with Crippen molar-refractivity contribution in [3.05, 3.63) is 29.6 Å². The second-order valence-electron chi connectivity index (χ2n) is 4.03. The Morgan fingerprint density at radius 1 is 1.53 bits per heavy atom. The highest BCUT2D eigenvalue weighted by Crippen LogP contribution is 2.19. The van der Waals surface area contributed by atoms with Gasteiger partial charge in [0.25, 0.3) is 0 Å². The average molecular weight is 265 g/mol. The number of rotatable bonds is 6. The summed E-state index contributed by atoms with van der Waals surface area (Å²) >= 11 is 0. The third kappa shape index (κ3) is 4.25. The van der Waals surface area contributed by atoms with Crippen LogP contribution < -0.4 is 4.74 Å². The van der Waals surface area contributed by atoms with Gasteiger partial charge in [-0.3, -0.25) is 0 Å². The minimum absolute atomic E-state index is 0.0597. The number of methoxy groups -OCH3 is 1. The average Bonchev–Trinajstić information content (AvgIpc) is 2.42. The molecule has 0 saturated carbocycles. The number of carbonyl (C=O) groups is 1. The van der Waals surface area contributed by atoms with Gasteiger partial charge in [0.15, 0.2) is 6.10 Å². The van der Waals surface area contributed by atoms with Crippen LogP contribution in [0.1, 0.15) is 31.7 Å². The minimum atomic E-state index is -0.753. The zero-order valence-corrected chi connectivity index (χ0v) is 11.0. The first-order valence-corrected chi connectivity index (χ1v) is 6.06. The van der Waals surface area contributed by atoms with Crippen molar-refractivity contribution >= 4 is 5.97 Å². The molecule has 0 aliphatic rings. The van der Waals surface area contributed by atoms with Gasteiger partial charge in [0, 0.05) is 6.07 Å². The molecule has 5 heteroatoms. The molecule has 0 fully saturated rings. The third-order valence-corrected chi connectivity index (χ3v) is 2.62. The lowest BCUT2D eigenvalue weighted by atomic mass is 10.1. The summed E-state index contributed by atoms with van der Waals surface area (Å²) in [4.78, 5) is 11.5. The Morgan fingerprint density at radius 3 is 2.79 bits per heavy atom. The fourth-order valence-corrected chi connectivity index (χ4v) is 1.57. The van der Waals surface area contributed by atoms with Crippen molar-refractivity contribution in [1.29, 1.82) is 5.26 Å². The first-order chi connectivity index (χ1) is 9.12. The summed E-state index contributed by atoms with van der Waals surface area (Å²) in [6, 6.07) is 5.60. The van der Waals surface area contributed by atoms with Gasteiger partial charge in [0.05, 0.1) is 12.7 Å². The predicted octanol–water partition coefficient (Wildman–Crippen LogP) is 2.81. The van der Waals surface area contributed by atoms with Crippen molar-refractivity contribution in [3.63, 3.8) is 0 Å². The number of nitriles is 1. The molecule has 0 N–H and O–H groups in total. The molecular formula is C14H16FNO3. The first-order valence-electron chi connectivity index (χ1n) is 6.06. The molecule has 0 spiro atoms. The summed E-state index contributed by atoms with van der Waals surface area (Å²) in [5.74, 6) is -0.944. The molecule has 1 aromatic carbocycles. The molecule has 0 heterocycles. The number of benzene rings is 1. The van der Waals surface area contributed by atoms with Gasteiger partial charge in [-0.2, -0.15) is 5.26 Å². The van der Waals surface area contributed by atoms with Crippen LogP contribution in [0.2, 0.25) is 0 Å². The normalized spacial score (nSPS) is 11.5. The van der Waals surface area contributed by atoms with Crippen molar-refractivity contribution in [3.8, 4) is 11.8 Å². The third-order valence-electron chi connectivity index (χ3n) is 2.62. The molecule has 0 aliphatic heterocycles. The van der Waals surface area contributed by atoms with Gasteiger partial charge < -0.3 is 9.47 Å². The van der Waals surface area contributed by atoms with Gasteiger partial charge in [-0.25, -0.2) is 9.18 Å². The van der Waals surface area contributed by atoms with Crippen LogP contribution in [0.4, 0.5) is 4.39 Å². The summed E-state index contributed by atoms with van der Waals surface area (Å²) in [5, 5.41) is 8.63. The highest BCUT2D eigenvalue weighted by atomic mass is 19.1. The van der Waals surface area contributed by atoms with Crippen molar-refractivity contribution in [2.24, 2.45) is 0 Å². The smallest absolute Gasteiger partial charge is 0.347 e. The summed E-state index contributed by atoms with van der Waals surface area (Å²) < 4.78 is 23.5. The molecule has 0 bridgehead atoms. The zero-order chi connectivity index (χ0) is 14.3. The molecule has 1 aromatic rings. The molecule has 102 valence electrons. The molecule has 0 amide bonds. The Bertz CT molecular complexity index is 482. The molecule has 1 rings (SSSR count). The second kappa shape index (κ2) is 7.37. The molecule has 0 aliphatic carbocycles. The van der Waals surface area contributed by atoms with Crippen LogP contribution in [0.15, 0.2) is 18.2 Å². The number of hydrogen-bond acceptors (Lipinski definition) is 4. The fourth-order valence-electron chi connectivity index (χ4n) is 1.57. The van der Waals surface area contributed by atoms with Gasteiger partial charge in [-0.15, -0.1) is 0 Å². The number of hydrogen-bond donors (Lipinski definition) is 0. The Kier molecular flexibility index (Phi) is 5.80. The monoisotopic (exact) mass is 265 g/mol. The van der Waals surface area contributed by atoms with Crippen LogP contribution in [-0.4, -0.2) is 19.2 Å². The van der Waals surface area contributed by atoms with Crippen LogP contribution in [0.5, 0.6) is 5.75 Å². The summed E-state index contributed by atoms with van der Waals surface area (Å²) in [6.07, 6.45) is 1.47. The van der Waals surface area contributed by atoms with Crippen molar-refractivity contribution in [2.45, 2.75) is 32.3 Å². The van der Waals surface area contributed by atoms with E-state index in [1.807, 2.05) is 6.92 Å². The molecule has 0 aromatic heterocycles. The van der Waals surface area contributed by atoms with E-state index in [2.05, 4.69) is 4.74 Å². The number of ether oxygens (including phenoxy) is 2. The maximum atomic E-state index is 13.4. The lowest BCUT2D eigenvalue weighted by molar-refractivity contribution is -0.149. The van der Waals surface area contributed by atoms with Gasteiger partial charge in [-0.05, 0) is 25.0 Å². The maximum Gasteiger partial charge on any atom is 0.347 e. The maximum absolute atomic E-state index is 13.4. The van der Waals surface area contributed by atoms with Crippen molar-refractivity contribution in [2.75, 3.05) is 7.11 Å². The Labute approximate surface area is 111 Å². The molecular weight excluding hydrogens is 249 g/mol. The van der Waals surface area contributed by atoms with Gasteiger partial charge in [0.2, 0.25) is 0 Å². The van der Waals surface area contributed by atoms with E-state index in [1.54, 1.807) is 6.07 Å². The van der Waals surface area contributed by atoms with Crippen LogP contribution in [-0.2, 0) is 9.53 Å². The van der Waals surface area contributed by atoms with Crippen LogP contribution >= 0.6 is 0 Å². The van der Waals surface area contributed by atoms with E-state index in [0.29, 0.717) is 6.42 Å². The number of carbonyl (C=O) groups excluding carboxylic acids is 1. The molecule has 4 nitrogen and oxygen atoms in total. The van der Waals surface area contributed by atoms with E-state index in [0.717, 1.165) is 18.9 Å². The first kappa shape index (κ1) is 15.0. The lowest BCUT2D eigenvalue weighted by Crippen LogP contribution is -2.28. The van der Waals surface area contributed by atoms with Crippen LogP contribution in [0, 0.1) is 17.1 Å². The number of nitrogens with zero attached hydrogens (tertiary/aromatic N) is 1. The van der Waals surface area contributed by atoms with E-state index in [4.69, 9.17) is 10.00 Å². The van der Waals surface area contributed by atoms with E-state index in [1.165, 1.54) is 19.2 Å². The van der Waals surface area contributed by atoms with Crippen LogP contribution in [0.25, 0.3) is 0 Å². The Balaban J connectivity index is 2.81. The fraction of sp³-hybridized carbons (Fsp3) is 0.429. The van der Waals surface area contributed by atoms with Gasteiger partial charge in [-0.1, -0.05) is 13.3 Å². The van der Waals surface area contributed by atoms with Gasteiger partial charge >= 0.3 is 5.97 Å². The predicted molar refractivity (Wildman–Crippen MR) is 67.1 cm³/mol. The highest BCUT2D eigenvalue weighted by molar-refractivity contribution is 5.74. The number of unbranched alkanes of at least 4 members (excludes halogenated alkanes) is 1. The van der Waals surface area contributed by atoms with E-state index in [-0.39, 0.29) is 11.3 Å². The SMILES string of the molecule is CCCCC(Oc1ccc(C#N)c(F)c1)C(=O)OC. The van der Waals surface area contributed by atoms with E-state index >= 15 is 0 Å². The quantitative estimate of drug-likeness (QED) is 0.742. The number of esters is 1. The molecule has 0 radical (unpaired) electrons. The number of halogens is 1. The second-order valence-corrected chi connectivity index (χ2v) is 4.03. The Hall–Kier alpha value is -2.09. The Morgan fingerprint density at radius 2 is 2.26 bits per heavy atom. The van der Waals surface area contributed by atoms with Gasteiger partial charge in [0.1, 0.15) is 17.6 Å². The highest BCUT2D eigenvalue weighted by Gasteiger charge is 2.21. The topological polar surface area (TPSA) is 59.3 Å². The van der Waals surface area contributed by atoms with E-state index in [9.17, 15) is 9.18 Å². The zero-order valence-electron chi connectivity index (χ0n) is 11.0. The molecule has 1 atom stereocenters. The molecule has 19 heavy (non-hydrogen) atoms. The summed E-state index contributed by atoms with van der Waals surface area (Å²) in [5.41, 5.74) is -0.0597. The lowest BCUT2D eigenvalue weighted by Gasteiger charge is -2.16. The largest absolute Gasteiger partial charge is 0.479 e. The van der Waals surface area contributed by atoms with E-state index < -0.39 is 17.9 Å². The summed E-state index contributed by atoms with van der Waals surface area (Å²) in [6.45, 7) is 2.00. The van der Waals surface area contributed by atoms with Crippen molar-refractivity contribution < 1.29 is 18.7 Å².